The van der Waals surface area contributed by atoms with Crippen LogP contribution in [0.3, 0.4) is 0 Å². The van der Waals surface area contributed by atoms with E-state index in [1.54, 1.807) is 0 Å². The van der Waals surface area contributed by atoms with Crippen LogP contribution in [0.15, 0.2) is 54.7 Å². The van der Waals surface area contributed by atoms with Crippen LogP contribution in [-0.2, 0) is 0 Å². The van der Waals surface area contributed by atoms with Crippen LogP contribution in [0.4, 0.5) is 16.0 Å². The molecular weight excluding hydrogens is 471 g/mol. The SMILES string of the molecule is CCCCNc1ncc2c(-c3ccc(NC(=O)c4ccc(F)cc4)cc3)nn([C@H]3CC[C@@H](O)CC3)c2n1. The molecule has 2 heterocycles. The first-order valence-electron chi connectivity index (χ1n) is 12.9. The zero-order valence-electron chi connectivity index (χ0n) is 20.8. The Hall–Kier alpha value is -3.85. The van der Waals surface area contributed by atoms with E-state index < -0.39 is 0 Å². The molecule has 8 nitrogen and oxygen atoms in total. The van der Waals surface area contributed by atoms with Gasteiger partial charge in [-0.2, -0.15) is 10.1 Å². The monoisotopic (exact) mass is 502 g/mol. The fourth-order valence-corrected chi connectivity index (χ4v) is 4.67. The Morgan fingerprint density at radius 1 is 1.08 bits per heavy atom. The molecule has 0 unspecified atom stereocenters. The van der Waals surface area contributed by atoms with Crippen molar-refractivity contribution in [3.8, 4) is 11.3 Å². The van der Waals surface area contributed by atoms with E-state index in [2.05, 4.69) is 22.5 Å². The Morgan fingerprint density at radius 3 is 2.51 bits per heavy atom. The molecule has 0 radical (unpaired) electrons. The summed E-state index contributed by atoms with van der Waals surface area (Å²) in [5.74, 6) is -0.105. The highest BCUT2D eigenvalue weighted by Crippen LogP contribution is 2.34. The molecule has 1 fully saturated rings. The molecule has 1 amide bonds. The number of rotatable bonds is 8. The highest BCUT2D eigenvalue weighted by atomic mass is 19.1. The molecule has 192 valence electrons. The fraction of sp³-hybridized carbons (Fsp3) is 0.357. The molecular formula is C28H31FN6O2. The lowest BCUT2D eigenvalue weighted by Gasteiger charge is -2.25. The van der Waals surface area contributed by atoms with Crippen LogP contribution in [0.5, 0.6) is 0 Å². The summed E-state index contributed by atoms with van der Waals surface area (Å²) in [6.45, 7) is 2.95. The van der Waals surface area contributed by atoms with Gasteiger partial charge in [-0.15, -0.1) is 0 Å². The van der Waals surface area contributed by atoms with E-state index in [0.29, 0.717) is 17.2 Å². The number of unbranched alkanes of at least 4 members (excludes halogenated alkanes) is 1. The van der Waals surface area contributed by atoms with Crippen molar-refractivity contribution in [3.63, 3.8) is 0 Å². The van der Waals surface area contributed by atoms with Gasteiger partial charge in [0.25, 0.3) is 5.91 Å². The minimum absolute atomic E-state index is 0.160. The number of aliphatic hydroxyl groups excluding tert-OH is 1. The van der Waals surface area contributed by atoms with Crippen molar-refractivity contribution in [3.05, 3.63) is 66.1 Å². The van der Waals surface area contributed by atoms with Crippen LogP contribution in [0.1, 0.15) is 61.8 Å². The van der Waals surface area contributed by atoms with E-state index in [-0.39, 0.29) is 23.9 Å². The van der Waals surface area contributed by atoms with Crippen LogP contribution < -0.4 is 10.6 Å². The van der Waals surface area contributed by atoms with Gasteiger partial charge in [0.15, 0.2) is 5.65 Å². The van der Waals surface area contributed by atoms with E-state index in [9.17, 15) is 14.3 Å². The average molecular weight is 503 g/mol. The number of nitrogens with one attached hydrogen (secondary N) is 2. The molecule has 2 aromatic heterocycles. The standard InChI is InChI=1S/C28H31FN6O2/c1-2-3-16-30-28-31-17-24-25(34-35(26(24)33-28)22-12-14-23(36)15-13-22)18-6-10-21(11-7-18)32-27(37)19-4-8-20(29)9-5-19/h4-11,17,22-23,36H,2-3,12-16H2,1H3,(H,32,37)(H,30,31,33)/t22-,23+. The maximum Gasteiger partial charge on any atom is 0.255 e. The van der Waals surface area contributed by atoms with Crippen molar-refractivity contribution in [2.24, 2.45) is 0 Å². The van der Waals surface area contributed by atoms with E-state index in [0.717, 1.165) is 67.4 Å². The van der Waals surface area contributed by atoms with Gasteiger partial charge in [0.1, 0.15) is 11.5 Å². The molecule has 0 atom stereocenters. The molecule has 4 aromatic rings. The second-order valence-corrected chi connectivity index (χ2v) is 9.51. The Morgan fingerprint density at radius 2 is 1.81 bits per heavy atom. The summed E-state index contributed by atoms with van der Waals surface area (Å²) < 4.78 is 15.2. The second-order valence-electron chi connectivity index (χ2n) is 9.51. The number of hydrogen-bond donors (Lipinski definition) is 3. The first-order chi connectivity index (χ1) is 18.0. The van der Waals surface area contributed by atoms with Crippen LogP contribution in [-0.4, -0.2) is 43.4 Å². The summed E-state index contributed by atoms with van der Waals surface area (Å²) in [5.41, 5.74) is 3.45. The fourth-order valence-electron chi connectivity index (χ4n) is 4.67. The van der Waals surface area contributed by atoms with Gasteiger partial charge >= 0.3 is 0 Å². The quantitative estimate of drug-likeness (QED) is 0.272. The number of amides is 1. The molecule has 1 aliphatic rings. The maximum absolute atomic E-state index is 13.2. The average Bonchev–Trinajstić information content (AvgIpc) is 3.29. The van der Waals surface area contributed by atoms with Crippen LogP contribution >= 0.6 is 0 Å². The molecule has 3 N–H and O–H groups in total. The number of nitrogens with zero attached hydrogens (tertiary/aromatic N) is 4. The highest BCUT2D eigenvalue weighted by molar-refractivity contribution is 6.04. The molecule has 0 bridgehead atoms. The van der Waals surface area contributed by atoms with Crippen molar-refractivity contribution in [2.75, 3.05) is 17.2 Å². The number of halogens is 1. The minimum Gasteiger partial charge on any atom is -0.393 e. The second kappa shape index (κ2) is 11.0. The van der Waals surface area contributed by atoms with E-state index >= 15 is 0 Å². The van der Waals surface area contributed by atoms with Gasteiger partial charge in [-0.05, 0) is 68.5 Å². The molecule has 9 heteroatoms. The third-order valence-electron chi connectivity index (χ3n) is 6.80. The van der Waals surface area contributed by atoms with E-state index in [1.165, 1.54) is 24.3 Å². The Balaban J connectivity index is 1.43. The third-order valence-corrected chi connectivity index (χ3v) is 6.80. The van der Waals surface area contributed by atoms with Gasteiger partial charge < -0.3 is 15.7 Å². The Bertz CT molecular complexity index is 1360. The molecule has 2 aromatic carbocycles. The Kier molecular flexibility index (Phi) is 7.41. The zero-order valence-corrected chi connectivity index (χ0v) is 20.8. The number of carbonyl (C=O) groups is 1. The van der Waals surface area contributed by atoms with Crippen molar-refractivity contribution >= 4 is 28.6 Å². The minimum atomic E-state index is -0.384. The third kappa shape index (κ3) is 5.61. The summed E-state index contributed by atoms with van der Waals surface area (Å²) in [5, 5.41) is 22.0. The summed E-state index contributed by atoms with van der Waals surface area (Å²) in [4.78, 5) is 21.8. The number of anilines is 2. The van der Waals surface area contributed by atoms with Gasteiger partial charge in [0.2, 0.25) is 5.95 Å². The highest BCUT2D eigenvalue weighted by Gasteiger charge is 2.25. The van der Waals surface area contributed by atoms with Crippen LogP contribution in [0, 0.1) is 5.82 Å². The van der Waals surface area contributed by atoms with Gasteiger partial charge in [0.05, 0.1) is 17.5 Å². The van der Waals surface area contributed by atoms with E-state index in [4.69, 9.17) is 10.1 Å². The van der Waals surface area contributed by atoms with Crippen molar-refractivity contribution in [1.29, 1.82) is 0 Å². The van der Waals surface area contributed by atoms with Gasteiger partial charge in [0, 0.05) is 29.6 Å². The van der Waals surface area contributed by atoms with Gasteiger partial charge in [-0.3, -0.25) is 4.79 Å². The maximum atomic E-state index is 13.2. The lowest BCUT2D eigenvalue weighted by atomic mass is 9.93. The lowest BCUT2D eigenvalue weighted by molar-refractivity contribution is 0.102. The van der Waals surface area contributed by atoms with Gasteiger partial charge in [-0.25, -0.2) is 14.1 Å². The number of hydrogen-bond acceptors (Lipinski definition) is 6. The summed E-state index contributed by atoms with van der Waals surface area (Å²) >= 11 is 0. The predicted molar refractivity (Wildman–Crippen MR) is 142 cm³/mol. The van der Waals surface area contributed by atoms with Crippen LogP contribution in [0.2, 0.25) is 0 Å². The van der Waals surface area contributed by atoms with Crippen molar-refractivity contribution in [1.82, 2.24) is 19.7 Å². The Labute approximate surface area is 215 Å². The van der Waals surface area contributed by atoms with Gasteiger partial charge in [-0.1, -0.05) is 25.5 Å². The molecule has 1 saturated carbocycles. The lowest BCUT2D eigenvalue weighted by Crippen LogP contribution is -2.22. The predicted octanol–water partition coefficient (Wildman–Crippen LogP) is 5.57. The topological polar surface area (TPSA) is 105 Å². The number of carbonyl (C=O) groups excluding carboxylic acids is 1. The molecule has 0 spiro atoms. The van der Waals surface area contributed by atoms with Crippen LogP contribution in [0.25, 0.3) is 22.3 Å². The molecule has 37 heavy (non-hydrogen) atoms. The number of aliphatic hydroxyl groups is 1. The van der Waals surface area contributed by atoms with Crippen molar-refractivity contribution < 1.29 is 14.3 Å². The normalized spacial score (nSPS) is 17.6. The molecule has 0 aliphatic heterocycles. The first kappa shape index (κ1) is 24.8. The molecule has 1 aliphatic carbocycles. The number of benzene rings is 2. The summed E-state index contributed by atoms with van der Waals surface area (Å²) in [7, 11) is 0. The number of aromatic nitrogens is 4. The number of fused-ring (bicyclic) bond motifs is 1. The van der Waals surface area contributed by atoms with E-state index in [1.807, 2.05) is 35.1 Å². The largest absolute Gasteiger partial charge is 0.393 e. The summed E-state index contributed by atoms with van der Waals surface area (Å²) in [6.07, 6.45) is 6.86. The smallest absolute Gasteiger partial charge is 0.255 e. The zero-order chi connectivity index (χ0) is 25.8. The first-order valence-corrected chi connectivity index (χ1v) is 12.9. The summed E-state index contributed by atoms with van der Waals surface area (Å²) in [6, 6.07) is 13.0. The molecule has 0 saturated heterocycles. The molecule has 5 rings (SSSR count). The van der Waals surface area contributed by atoms with Crippen molar-refractivity contribution in [2.45, 2.75) is 57.6 Å².